The predicted octanol–water partition coefficient (Wildman–Crippen LogP) is 4.53. The van der Waals surface area contributed by atoms with E-state index in [1.165, 1.54) is 31.2 Å². The summed E-state index contributed by atoms with van der Waals surface area (Å²) in [6, 6.07) is 8.75. The number of benzene rings is 1. The Bertz CT molecular complexity index is 352. The Hall–Kier alpha value is -1.02. The predicted molar refractivity (Wildman–Crippen MR) is 87.6 cm³/mol. The van der Waals surface area contributed by atoms with Crippen molar-refractivity contribution in [2.45, 2.75) is 58.8 Å². The van der Waals surface area contributed by atoms with Crippen molar-refractivity contribution < 1.29 is 4.74 Å². The molecule has 0 saturated carbocycles. The maximum atomic E-state index is 5.56. The second kappa shape index (κ2) is 9.02. The van der Waals surface area contributed by atoms with Gasteiger partial charge in [0.05, 0.1) is 6.61 Å². The molecule has 1 rings (SSSR count). The van der Waals surface area contributed by atoms with E-state index in [9.17, 15) is 0 Å². The van der Waals surface area contributed by atoms with Gasteiger partial charge in [0.15, 0.2) is 0 Å². The maximum absolute atomic E-state index is 5.56. The first-order valence-electron chi connectivity index (χ1n) is 8.16. The SMILES string of the molecule is CCCC(CCC)(CNCC)c1ccc(OCC)cc1. The lowest BCUT2D eigenvalue weighted by Gasteiger charge is -2.35. The molecule has 1 aromatic rings. The van der Waals surface area contributed by atoms with E-state index in [2.05, 4.69) is 50.4 Å². The van der Waals surface area contributed by atoms with Crippen LogP contribution in [0.5, 0.6) is 5.75 Å². The van der Waals surface area contributed by atoms with E-state index >= 15 is 0 Å². The van der Waals surface area contributed by atoms with Crippen LogP contribution in [-0.2, 0) is 5.41 Å². The summed E-state index contributed by atoms with van der Waals surface area (Å²) in [4.78, 5) is 0. The standard InChI is InChI=1S/C18H31NO/c1-5-13-18(14-6-2,15-19-7-3)16-9-11-17(12-10-16)20-8-4/h9-12,19H,5-8,13-15H2,1-4H3. The van der Waals surface area contributed by atoms with E-state index in [0.29, 0.717) is 0 Å². The first-order valence-corrected chi connectivity index (χ1v) is 8.16. The van der Waals surface area contributed by atoms with Crippen molar-refractivity contribution in [1.29, 1.82) is 0 Å². The third kappa shape index (κ3) is 4.52. The number of hydrogen-bond donors (Lipinski definition) is 1. The van der Waals surface area contributed by atoms with Crippen molar-refractivity contribution in [1.82, 2.24) is 5.32 Å². The summed E-state index contributed by atoms with van der Waals surface area (Å²) < 4.78 is 5.56. The Labute approximate surface area is 124 Å². The van der Waals surface area contributed by atoms with E-state index in [4.69, 9.17) is 4.74 Å². The molecule has 2 heteroatoms. The molecule has 114 valence electrons. The molecule has 0 amide bonds. The van der Waals surface area contributed by atoms with Crippen LogP contribution in [0.25, 0.3) is 0 Å². The van der Waals surface area contributed by atoms with Crippen LogP contribution in [0.4, 0.5) is 0 Å². The first kappa shape index (κ1) is 17.0. The Morgan fingerprint density at radius 2 is 1.55 bits per heavy atom. The summed E-state index contributed by atoms with van der Waals surface area (Å²) in [5.41, 5.74) is 1.72. The zero-order chi connectivity index (χ0) is 14.8. The highest BCUT2D eigenvalue weighted by Gasteiger charge is 2.29. The van der Waals surface area contributed by atoms with Gasteiger partial charge in [-0.25, -0.2) is 0 Å². The molecule has 1 N–H and O–H groups in total. The maximum Gasteiger partial charge on any atom is 0.119 e. The molecule has 20 heavy (non-hydrogen) atoms. The van der Waals surface area contributed by atoms with E-state index in [1.807, 2.05) is 6.92 Å². The van der Waals surface area contributed by atoms with E-state index in [0.717, 1.165) is 25.4 Å². The van der Waals surface area contributed by atoms with Crippen molar-refractivity contribution >= 4 is 0 Å². The molecule has 0 fully saturated rings. The van der Waals surface area contributed by atoms with Crippen LogP contribution in [0.3, 0.4) is 0 Å². The van der Waals surface area contributed by atoms with Crippen LogP contribution in [0.1, 0.15) is 58.9 Å². The van der Waals surface area contributed by atoms with Gasteiger partial charge < -0.3 is 10.1 Å². The monoisotopic (exact) mass is 277 g/mol. The van der Waals surface area contributed by atoms with Crippen molar-refractivity contribution in [2.24, 2.45) is 0 Å². The quantitative estimate of drug-likeness (QED) is 0.678. The van der Waals surface area contributed by atoms with Crippen LogP contribution in [0.2, 0.25) is 0 Å². The minimum atomic E-state index is 0.268. The van der Waals surface area contributed by atoms with E-state index < -0.39 is 0 Å². The van der Waals surface area contributed by atoms with Crippen molar-refractivity contribution in [3.8, 4) is 5.75 Å². The van der Waals surface area contributed by atoms with Gasteiger partial charge >= 0.3 is 0 Å². The lowest BCUT2D eigenvalue weighted by molar-refractivity contribution is 0.331. The average molecular weight is 277 g/mol. The average Bonchev–Trinajstić information content (AvgIpc) is 2.46. The molecule has 0 aliphatic rings. The number of ether oxygens (including phenoxy) is 1. The third-order valence-electron chi connectivity index (χ3n) is 3.95. The van der Waals surface area contributed by atoms with Gasteiger partial charge in [-0.3, -0.25) is 0 Å². The van der Waals surface area contributed by atoms with Gasteiger partial charge in [0.1, 0.15) is 5.75 Å². The summed E-state index contributed by atoms with van der Waals surface area (Å²) in [6.07, 6.45) is 4.92. The fraction of sp³-hybridized carbons (Fsp3) is 0.667. The molecular weight excluding hydrogens is 246 g/mol. The molecule has 0 unspecified atom stereocenters. The second-order valence-electron chi connectivity index (χ2n) is 5.52. The van der Waals surface area contributed by atoms with Crippen LogP contribution < -0.4 is 10.1 Å². The molecule has 2 nitrogen and oxygen atoms in total. The smallest absolute Gasteiger partial charge is 0.119 e. The molecule has 0 heterocycles. The third-order valence-corrected chi connectivity index (χ3v) is 3.95. The van der Waals surface area contributed by atoms with Gasteiger partial charge in [-0.15, -0.1) is 0 Å². The van der Waals surface area contributed by atoms with Gasteiger partial charge in [-0.05, 0) is 44.0 Å². The van der Waals surface area contributed by atoms with Crippen LogP contribution >= 0.6 is 0 Å². The summed E-state index contributed by atoms with van der Waals surface area (Å²) in [5, 5.41) is 3.57. The Kier molecular flexibility index (Phi) is 7.68. The van der Waals surface area contributed by atoms with Gasteiger partial charge in [-0.1, -0.05) is 45.7 Å². The lowest BCUT2D eigenvalue weighted by atomic mass is 9.73. The van der Waals surface area contributed by atoms with Crippen LogP contribution in [0, 0.1) is 0 Å². The van der Waals surface area contributed by atoms with Gasteiger partial charge in [0.25, 0.3) is 0 Å². The molecule has 0 aliphatic carbocycles. The van der Waals surface area contributed by atoms with Gasteiger partial charge in [0, 0.05) is 12.0 Å². The molecule has 0 atom stereocenters. The zero-order valence-electron chi connectivity index (χ0n) is 13.7. The molecule has 0 bridgehead atoms. The van der Waals surface area contributed by atoms with Gasteiger partial charge in [0.2, 0.25) is 0 Å². The minimum Gasteiger partial charge on any atom is -0.494 e. The zero-order valence-corrected chi connectivity index (χ0v) is 13.7. The summed E-state index contributed by atoms with van der Waals surface area (Å²) in [6.45, 7) is 11.6. The van der Waals surface area contributed by atoms with Crippen molar-refractivity contribution in [2.75, 3.05) is 19.7 Å². The summed E-state index contributed by atoms with van der Waals surface area (Å²) in [5.74, 6) is 0.974. The molecule has 0 aromatic heterocycles. The summed E-state index contributed by atoms with van der Waals surface area (Å²) >= 11 is 0. The number of nitrogens with one attached hydrogen (secondary N) is 1. The normalized spacial score (nSPS) is 11.6. The molecular formula is C18H31NO. The second-order valence-corrected chi connectivity index (χ2v) is 5.52. The number of rotatable bonds is 10. The fourth-order valence-corrected chi connectivity index (χ4v) is 3.09. The Morgan fingerprint density at radius 3 is 2.00 bits per heavy atom. The first-order chi connectivity index (χ1) is 9.72. The fourth-order valence-electron chi connectivity index (χ4n) is 3.09. The van der Waals surface area contributed by atoms with E-state index in [1.54, 1.807) is 0 Å². The minimum absolute atomic E-state index is 0.268. The highest BCUT2D eigenvalue weighted by Crippen LogP contribution is 2.34. The summed E-state index contributed by atoms with van der Waals surface area (Å²) in [7, 11) is 0. The van der Waals surface area contributed by atoms with E-state index in [-0.39, 0.29) is 5.41 Å². The van der Waals surface area contributed by atoms with Crippen LogP contribution in [-0.4, -0.2) is 19.7 Å². The molecule has 1 aromatic carbocycles. The van der Waals surface area contributed by atoms with Crippen LogP contribution in [0.15, 0.2) is 24.3 Å². The Balaban J connectivity index is 2.99. The molecule has 0 spiro atoms. The Morgan fingerprint density at radius 1 is 0.950 bits per heavy atom. The number of likely N-dealkylation sites (N-methyl/N-ethyl adjacent to an activating group) is 1. The molecule has 0 saturated heterocycles. The largest absolute Gasteiger partial charge is 0.494 e. The highest BCUT2D eigenvalue weighted by molar-refractivity contribution is 5.33. The van der Waals surface area contributed by atoms with Crippen molar-refractivity contribution in [3.05, 3.63) is 29.8 Å². The molecule has 0 radical (unpaired) electrons. The van der Waals surface area contributed by atoms with Crippen molar-refractivity contribution in [3.63, 3.8) is 0 Å². The van der Waals surface area contributed by atoms with Gasteiger partial charge in [-0.2, -0.15) is 0 Å². The topological polar surface area (TPSA) is 21.3 Å². The highest BCUT2D eigenvalue weighted by atomic mass is 16.5. The lowest BCUT2D eigenvalue weighted by Crippen LogP contribution is -2.38. The molecule has 0 aliphatic heterocycles. The number of hydrogen-bond acceptors (Lipinski definition) is 2.